The van der Waals surface area contributed by atoms with Crippen LogP contribution >= 0.6 is 0 Å². The first kappa shape index (κ1) is 18.7. The Kier molecular flexibility index (Phi) is 7.25. The quantitative estimate of drug-likeness (QED) is 0.411. The lowest BCUT2D eigenvalue weighted by molar-refractivity contribution is -0.137. The highest BCUT2D eigenvalue weighted by Crippen LogP contribution is 2.14. The Labute approximate surface area is 136 Å². The van der Waals surface area contributed by atoms with Crippen LogP contribution in [0.1, 0.15) is 44.2 Å². The first-order valence-electron chi connectivity index (χ1n) is 7.72. The third kappa shape index (κ3) is 7.44. The van der Waals surface area contributed by atoms with Crippen LogP contribution in [-0.4, -0.2) is 28.9 Å². The van der Waals surface area contributed by atoms with Gasteiger partial charge in [-0.25, -0.2) is 0 Å². The number of rotatable bonds is 9. The molecule has 0 aliphatic heterocycles. The summed E-state index contributed by atoms with van der Waals surface area (Å²) in [6.45, 7) is 3.76. The number of hydrogen-bond acceptors (Lipinski definition) is 3. The van der Waals surface area contributed by atoms with Gasteiger partial charge in [0.05, 0.1) is 6.42 Å². The number of nitrogen functional groups attached to an aromatic ring is 1. The van der Waals surface area contributed by atoms with Gasteiger partial charge in [-0.05, 0) is 31.2 Å². The number of benzene rings is 1. The molecule has 2 unspecified atom stereocenters. The van der Waals surface area contributed by atoms with Gasteiger partial charge in [-0.1, -0.05) is 31.2 Å². The van der Waals surface area contributed by atoms with E-state index in [1.807, 2.05) is 24.3 Å². The van der Waals surface area contributed by atoms with Crippen molar-refractivity contribution < 1.29 is 14.7 Å². The molecule has 1 rings (SSSR count). The first-order chi connectivity index (χ1) is 10.8. The lowest BCUT2D eigenvalue weighted by Crippen LogP contribution is -2.34. The van der Waals surface area contributed by atoms with Crippen molar-refractivity contribution in [2.24, 2.45) is 11.7 Å². The molecule has 0 bridgehead atoms. The van der Waals surface area contributed by atoms with Crippen molar-refractivity contribution in [3.8, 4) is 0 Å². The molecule has 0 aliphatic rings. The summed E-state index contributed by atoms with van der Waals surface area (Å²) in [6.07, 6.45) is 1.90. The SMILES string of the molecule is CC(CCC(=O)NC(C)CC(=O)O)Cc1ccc(C(=N)N)cc1. The number of nitrogens with two attached hydrogens (primary N) is 1. The van der Waals surface area contributed by atoms with Crippen molar-refractivity contribution in [3.05, 3.63) is 35.4 Å². The summed E-state index contributed by atoms with van der Waals surface area (Å²) < 4.78 is 0. The highest BCUT2D eigenvalue weighted by molar-refractivity contribution is 5.94. The lowest BCUT2D eigenvalue weighted by atomic mass is 9.95. The van der Waals surface area contributed by atoms with E-state index in [4.69, 9.17) is 16.2 Å². The van der Waals surface area contributed by atoms with E-state index in [2.05, 4.69) is 12.2 Å². The number of amides is 1. The van der Waals surface area contributed by atoms with Crippen LogP contribution in [0.25, 0.3) is 0 Å². The zero-order valence-electron chi connectivity index (χ0n) is 13.6. The Morgan fingerprint density at radius 2 is 1.87 bits per heavy atom. The van der Waals surface area contributed by atoms with Crippen LogP contribution in [-0.2, 0) is 16.0 Å². The summed E-state index contributed by atoms with van der Waals surface area (Å²) in [5.41, 5.74) is 7.26. The van der Waals surface area contributed by atoms with Crippen LogP contribution in [0.15, 0.2) is 24.3 Å². The van der Waals surface area contributed by atoms with Gasteiger partial charge in [0.25, 0.3) is 0 Å². The molecular formula is C17H25N3O3. The van der Waals surface area contributed by atoms with E-state index in [-0.39, 0.29) is 24.2 Å². The number of aliphatic carboxylic acids is 1. The molecule has 6 heteroatoms. The minimum absolute atomic E-state index is 0.0525. The van der Waals surface area contributed by atoms with Gasteiger partial charge in [-0.2, -0.15) is 0 Å². The Balaban J connectivity index is 2.36. The molecule has 23 heavy (non-hydrogen) atoms. The maximum atomic E-state index is 11.8. The zero-order chi connectivity index (χ0) is 17.4. The number of hydrogen-bond donors (Lipinski definition) is 4. The smallest absolute Gasteiger partial charge is 0.305 e. The molecule has 1 aromatic rings. The Morgan fingerprint density at radius 3 is 2.39 bits per heavy atom. The van der Waals surface area contributed by atoms with Gasteiger partial charge >= 0.3 is 5.97 Å². The topological polar surface area (TPSA) is 116 Å². The molecule has 0 fully saturated rings. The van der Waals surface area contributed by atoms with Gasteiger partial charge in [0.2, 0.25) is 5.91 Å². The van der Waals surface area contributed by atoms with Crippen molar-refractivity contribution in [3.63, 3.8) is 0 Å². The van der Waals surface area contributed by atoms with E-state index in [1.54, 1.807) is 6.92 Å². The van der Waals surface area contributed by atoms with Crippen molar-refractivity contribution in [1.29, 1.82) is 5.41 Å². The second kappa shape index (κ2) is 8.92. The molecule has 0 spiro atoms. The fraction of sp³-hybridized carbons (Fsp3) is 0.471. The second-order valence-corrected chi connectivity index (χ2v) is 6.02. The molecule has 6 nitrogen and oxygen atoms in total. The average molecular weight is 319 g/mol. The third-order valence-corrected chi connectivity index (χ3v) is 3.60. The predicted molar refractivity (Wildman–Crippen MR) is 89.4 cm³/mol. The minimum atomic E-state index is -0.917. The van der Waals surface area contributed by atoms with E-state index in [1.165, 1.54) is 0 Å². The number of carboxylic acids is 1. The highest BCUT2D eigenvalue weighted by Gasteiger charge is 2.12. The average Bonchev–Trinajstić information content (AvgIpc) is 2.44. The monoisotopic (exact) mass is 319 g/mol. The van der Waals surface area contributed by atoms with Gasteiger partial charge in [-0.15, -0.1) is 0 Å². The molecule has 0 aromatic heterocycles. The van der Waals surface area contributed by atoms with Gasteiger partial charge in [-0.3, -0.25) is 15.0 Å². The van der Waals surface area contributed by atoms with Crippen molar-refractivity contribution in [2.75, 3.05) is 0 Å². The number of carbonyl (C=O) groups excluding carboxylic acids is 1. The maximum Gasteiger partial charge on any atom is 0.305 e. The van der Waals surface area contributed by atoms with Crippen LogP contribution in [0, 0.1) is 11.3 Å². The molecule has 0 radical (unpaired) electrons. The van der Waals surface area contributed by atoms with E-state index in [0.717, 1.165) is 18.4 Å². The van der Waals surface area contributed by atoms with Gasteiger partial charge < -0.3 is 16.2 Å². The van der Waals surface area contributed by atoms with Gasteiger partial charge in [0.15, 0.2) is 0 Å². The van der Waals surface area contributed by atoms with Crippen molar-refractivity contribution in [1.82, 2.24) is 5.32 Å². The second-order valence-electron chi connectivity index (χ2n) is 6.02. The Bertz CT molecular complexity index is 555. The number of carboxylic acid groups (broad SMARTS) is 1. The molecule has 0 aliphatic carbocycles. The Hall–Kier alpha value is -2.37. The van der Waals surface area contributed by atoms with Crippen LogP contribution in [0.3, 0.4) is 0 Å². The molecule has 1 aromatic carbocycles. The van der Waals surface area contributed by atoms with Crippen molar-refractivity contribution in [2.45, 2.75) is 45.6 Å². The summed E-state index contributed by atoms with van der Waals surface area (Å²) >= 11 is 0. The van der Waals surface area contributed by atoms with E-state index >= 15 is 0 Å². The first-order valence-corrected chi connectivity index (χ1v) is 7.72. The number of nitrogens with one attached hydrogen (secondary N) is 2. The molecule has 5 N–H and O–H groups in total. The van der Waals surface area contributed by atoms with Gasteiger partial charge in [0, 0.05) is 18.0 Å². The third-order valence-electron chi connectivity index (χ3n) is 3.60. The maximum absolute atomic E-state index is 11.8. The summed E-state index contributed by atoms with van der Waals surface area (Å²) in [6, 6.07) is 7.19. The fourth-order valence-corrected chi connectivity index (χ4v) is 2.36. The fourth-order valence-electron chi connectivity index (χ4n) is 2.36. The van der Waals surface area contributed by atoms with Crippen molar-refractivity contribution >= 4 is 17.7 Å². The van der Waals surface area contributed by atoms with E-state index in [0.29, 0.717) is 17.9 Å². The summed E-state index contributed by atoms with van der Waals surface area (Å²) in [5.74, 6) is -0.645. The van der Waals surface area contributed by atoms with E-state index in [9.17, 15) is 9.59 Å². The number of amidine groups is 1. The molecule has 0 saturated heterocycles. The standard InChI is InChI=1S/C17H25N3O3/c1-11(3-8-15(21)20-12(2)10-16(22)23)9-13-4-6-14(7-5-13)17(18)19/h4-7,11-12H,3,8-10H2,1-2H3,(H3,18,19)(H,20,21)(H,22,23). The number of carbonyl (C=O) groups is 2. The lowest BCUT2D eigenvalue weighted by Gasteiger charge is -2.14. The molecule has 126 valence electrons. The molecular weight excluding hydrogens is 294 g/mol. The molecule has 1 amide bonds. The molecule has 0 heterocycles. The van der Waals surface area contributed by atoms with Crippen LogP contribution in [0.4, 0.5) is 0 Å². The Morgan fingerprint density at radius 1 is 1.26 bits per heavy atom. The predicted octanol–water partition coefficient (Wildman–Crippen LogP) is 1.91. The highest BCUT2D eigenvalue weighted by atomic mass is 16.4. The van der Waals surface area contributed by atoms with Crippen LogP contribution in [0.2, 0.25) is 0 Å². The summed E-state index contributed by atoms with van der Waals surface area (Å²) in [7, 11) is 0. The normalized spacial score (nSPS) is 13.1. The summed E-state index contributed by atoms with van der Waals surface area (Å²) in [5, 5.41) is 18.7. The largest absolute Gasteiger partial charge is 0.481 e. The van der Waals surface area contributed by atoms with Crippen LogP contribution < -0.4 is 11.1 Å². The van der Waals surface area contributed by atoms with Crippen LogP contribution in [0.5, 0.6) is 0 Å². The van der Waals surface area contributed by atoms with Gasteiger partial charge in [0.1, 0.15) is 5.84 Å². The molecule has 0 saturated carbocycles. The summed E-state index contributed by atoms with van der Waals surface area (Å²) in [4.78, 5) is 22.3. The molecule has 2 atom stereocenters. The minimum Gasteiger partial charge on any atom is -0.481 e. The van der Waals surface area contributed by atoms with E-state index < -0.39 is 5.97 Å². The zero-order valence-corrected chi connectivity index (χ0v) is 13.6.